The summed E-state index contributed by atoms with van der Waals surface area (Å²) in [6.45, 7) is 1.00. The highest BCUT2D eigenvalue weighted by Gasteiger charge is 2.21. The molecular weight excluding hydrogens is 285 g/mol. The van der Waals surface area contributed by atoms with Crippen LogP contribution >= 0.6 is 23.2 Å². The van der Waals surface area contributed by atoms with Crippen LogP contribution in [0.5, 0.6) is 11.5 Å². The molecule has 5 heteroatoms. The van der Waals surface area contributed by atoms with Crippen LogP contribution in [0.2, 0.25) is 0 Å². The Kier molecular flexibility index (Phi) is 5.37. The van der Waals surface area contributed by atoms with Crippen molar-refractivity contribution < 1.29 is 9.47 Å². The van der Waals surface area contributed by atoms with Crippen molar-refractivity contribution in [1.82, 2.24) is 5.32 Å². The van der Waals surface area contributed by atoms with E-state index in [1.807, 2.05) is 18.2 Å². The standard InChI is InChI=1S/C14H17Cl2NO2/c1-18-13-4-2-3-10(8-17-12-5-6-12)14(13)19-9-11(16)7-15/h2-4,7,12,17H,5-6,8-9H2,1H3. The molecule has 0 saturated heterocycles. The predicted molar refractivity (Wildman–Crippen MR) is 78.1 cm³/mol. The molecule has 0 spiro atoms. The smallest absolute Gasteiger partial charge is 0.166 e. The Hall–Kier alpha value is -0.900. The number of hydrogen-bond acceptors (Lipinski definition) is 3. The molecule has 0 aliphatic heterocycles. The third-order valence-corrected chi connectivity index (χ3v) is 3.51. The molecule has 0 aromatic heterocycles. The molecular formula is C14H17Cl2NO2. The Morgan fingerprint density at radius 1 is 1.47 bits per heavy atom. The van der Waals surface area contributed by atoms with Crippen molar-refractivity contribution in [2.75, 3.05) is 13.7 Å². The Bertz CT molecular complexity index is 459. The molecule has 0 heterocycles. The molecule has 0 amide bonds. The summed E-state index contributed by atoms with van der Waals surface area (Å²) < 4.78 is 11.0. The highest BCUT2D eigenvalue weighted by atomic mass is 35.5. The lowest BCUT2D eigenvalue weighted by atomic mass is 10.2. The van der Waals surface area contributed by atoms with Gasteiger partial charge in [0, 0.05) is 23.7 Å². The maximum atomic E-state index is 5.85. The van der Waals surface area contributed by atoms with Crippen LogP contribution in [0.1, 0.15) is 18.4 Å². The number of hydrogen-bond donors (Lipinski definition) is 1. The van der Waals surface area contributed by atoms with Gasteiger partial charge in [0.15, 0.2) is 11.5 Å². The summed E-state index contributed by atoms with van der Waals surface area (Å²) in [5.74, 6) is 1.42. The fraction of sp³-hybridized carbons (Fsp3) is 0.429. The van der Waals surface area contributed by atoms with Crippen molar-refractivity contribution in [2.45, 2.75) is 25.4 Å². The van der Waals surface area contributed by atoms with Gasteiger partial charge in [-0.2, -0.15) is 0 Å². The third kappa shape index (κ3) is 4.30. The largest absolute Gasteiger partial charge is 0.493 e. The molecule has 1 saturated carbocycles. The van der Waals surface area contributed by atoms with Gasteiger partial charge < -0.3 is 14.8 Å². The van der Waals surface area contributed by atoms with Crippen molar-refractivity contribution in [3.8, 4) is 11.5 Å². The summed E-state index contributed by atoms with van der Waals surface area (Å²) in [5, 5.41) is 3.91. The normalized spacial score (nSPS) is 15.4. The Labute approximate surface area is 123 Å². The summed E-state index contributed by atoms with van der Waals surface area (Å²) in [7, 11) is 1.62. The zero-order chi connectivity index (χ0) is 13.7. The number of halogens is 2. The van der Waals surface area contributed by atoms with E-state index in [-0.39, 0.29) is 6.61 Å². The number of rotatable bonds is 7. The quantitative estimate of drug-likeness (QED) is 0.834. The monoisotopic (exact) mass is 301 g/mol. The first-order chi connectivity index (χ1) is 9.24. The Balaban J connectivity index is 2.10. The van der Waals surface area contributed by atoms with Gasteiger partial charge in [-0.3, -0.25) is 0 Å². The third-order valence-electron chi connectivity index (χ3n) is 2.91. The Morgan fingerprint density at radius 3 is 2.89 bits per heavy atom. The van der Waals surface area contributed by atoms with Crippen molar-refractivity contribution in [3.63, 3.8) is 0 Å². The minimum Gasteiger partial charge on any atom is -0.493 e. The highest BCUT2D eigenvalue weighted by molar-refractivity contribution is 6.36. The van der Waals surface area contributed by atoms with Gasteiger partial charge in [-0.05, 0) is 18.9 Å². The van der Waals surface area contributed by atoms with Crippen LogP contribution in [0.4, 0.5) is 0 Å². The van der Waals surface area contributed by atoms with Crippen molar-refractivity contribution in [3.05, 3.63) is 34.3 Å². The van der Waals surface area contributed by atoms with Gasteiger partial charge in [-0.25, -0.2) is 0 Å². The summed E-state index contributed by atoms with van der Waals surface area (Å²) in [6.07, 6.45) is 2.50. The molecule has 0 atom stereocenters. The van der Waals surface area contributed by atoms with Crippen LogP contribution in [0.15, 0.2) is 28.8 Å². The summed E-state index contributed by atoms with van der Waals surface area (Å²) in [4.78, 5) is 0. The lowest BCUT2D eigenvalue weighted by Gasteiger charge is -2.15. The van der Waals surface area contributed by atoms with Crippen LogP contribution in [0, 0.1) is 0 Å². The maximum Gasteiger partial charge on any atom is 0.166 e. The topological polar surface area (TPSA) is 30.5 Å². The van der Waals surface area contributed by atoms with E-state index in [1.54, 1.807) is 7.11 Å². The van der Waals surface area contributed by atoms with Gasteiger partial charge in [0.25, 0.3) is 0 Å². The molecule has 1 aromatic rings. The zero-order valence-electron chi connectivity index (χ0n) is 10.8. The maximum absolute atomic E-state index is 5.85. The van der Waals surface area contributed by atoms with Gasteiger partial charge >= 0.3 is 0 Å². The fourth-order valence-electron chi connectivity index (χ4n) is 1.74. The zero-order valence-corrected chi connectivity index (χ0v) is 12.3. The predicted octanol–water partition coefficient (Wildman–Crippen LogP) is 3.65. The molecule has 0 unspecified atom stereocenters. The van der Waals surface area contributed by atoms with Gasteiger partial charge in [-0.1, -0.05) is 35.3 Å². The van der Waals surface area contributed by atoms with Gasteiger partial charge in [0.1, 0.15) is 6.61 Å². The average molecular weight is 302 g/mol. The van der Waals surface area contributed by atoms with Gasteiger partial charge in [0.2, 0.25) is 0 Å². The number of methoxy groups -OCH3 is 1. The van der Waals surface area contributed by atoms with Gasteiger partial charge in [0.05, 0.1) is 12.1 Å². The minimum atomic E-state index is 0.238. The summed E-state index contributed by atoms with van der Waals surface area (Å²) in [6, 6.07) is 6.49. The first kappa shape index (κ1) is 14.5. The number of para-hydroxylation sites is 1. The SMILES string of the molecule is COc1cccc(CNC2CC2)c1OCC(Cl)=CCl. The van der Waals surface area contributed by atoms with E-state index < -0.39 is 0 Å². The summed E-state index contributed by atoms with van der Waals surface area (Å²) in [5.41, 5.74) is 2.37. The fourth-order valence-corrected chi connectivity index (χ4v) is 1.86. The minimum absolute atomic E-state index is 0.238. The lowest BCUT2D eigenvalue weighted by Crippen LogP contribution is -2.16. The molecule has 0 bridgehead atoms. The van der Waals surface area contributed by atoms with E-state index in [4.69, 9.17) is 32.7 Å². The van der Waals surface area contributed by atoms with E-state index in [0.29, 0.717) is 16.8 Å². The van der Waals surface area contributed by atoms with Crippen LogP contribution in [-0.4, -0.2) is 19.8 Å². The second-order valence-electron chi connectivity index (χ2n) is 4.45. The lowest BCUT2D eigenvalue weighted by molar-refractivity contribution is 0.319. The van der Waals surface area contributed by atoms with Crippen LogP contribution in [0.3, 0.4) is 0 Å². The van der Waals surface area contributed by atoms with Crippen molar-refractivity contribution in [1.29, 1.82) is 0 Å². The summed E-state index contributed by atoms with van der Waals surface area (Å²) >= 11 is 11.4. The van der Waals surface area contributed by atoms with Crippen molar-refractivity contribution in [2.24, 2.45) is 0 Å². The number of ether oxygens (including phenoxy) is 2. The average Bonchev–Trinajstić information content (AvgIpc) is 3.26. The Morgan fingerprint density at radius 2 is 2.26 bits per heavy atom. The molecule has 1 aliphatic carbocycles. The number of benzene rings is 1. The van der Waals surface area contributed by atoms with Gasteiger partial charge in [-0.15, -0.1) is 0 Å². The molecule has 2 rings (SSSR count). The molecule has 3 nitrogen and oxygen atoms in total. The molecule has 1 aliphatic rings. The van der Waals surface area contributed by atoms with Crippen LogP contribution in [-0.2, 0) is 6.54 Å². The molecule has 104 valence electrons. The first-order valence-electron chi connectivity index (χ1n) is 6.21. The highest BCUT2D eigenvalue weighted by Crippen LogP contribution is 2.32. The van der Waals surface area contributed by atoms with Crippen LogP contribution < -0.4 is 14.8 Å². The van der Waals surface area contributed by atoms with Crippen LogP contribution in [0.25, 0.3) is 0 Å². The molecule has 1 N–H and O–H groups in total. The van der Waals surface area contributed by atoms with E-state index in [1.165, 1.54) is 18.4 Å². The van der Waals surface area contributed by atoms with E-state index in [2.05, 4.69) is 5.32 Å². The second kappa shape index (κ2) is 7.04. The van der Waals surface area contributed by atoms with E-state index in [9.17, 15) is 0 Å². The molecule has 19 heavy (non-hydrogen) atoms. The van der Waals surface area contributed by atoms with E-state index in [0.717, 1.165) is 17.9 Å². The molecule has 0 radical (unpaired) electrons. The number of nitrogens with one attached hydrogen (secondary N) is 1. The molecule has 1 fully saturated rings. The van der Waals surface area contributed by atoms with Crippen molar-refractivity contribution >= 4 is 23.2 Å². The second-order valence-corrected chi connectivity index (χ2v) is 5.15. The molecule has 1 aromatic carbocycles. The van der Waals surface area contributed by atoms with E-state index >= 15 is 0 Å². The first-order valence-corrected chi connectivity index (χ1v) is 7.03.